The number of amides is 2. The van der Waals surface area contributed by atoms with Gasteiger partial charge in [-0.1, -0.05) is 229 Å². The van der Waals surface area contributed by atoms with E-state index in [2.05, 4.69) is 20.8 Å². The van der Waals surface area contributed by atoms with Gasteiger partial charge in [-0.3, -0.25) is 14.5 Å². The van der Waals surface area contributed by atoms with Gasteiger partial charge < -0.3 is 40.3 Å². The molecule has 8 aromatic carbocycles. The number of carbonyl (C=O) groups excluding carboxylic acids is 4. The average Bonchev–Trinajstić information content (AvgIpc) is 1.06. The number of carboxylic acids is 1. The Morgan fingerprint density at radius 3 is 1.66 bits per heavy atom. The first kappa shape index (κ1) is 62.9. The summed E-state index contributed by atoms with van der Waals surface area (Å²) in [6, 6.07) is 69.2. The smallest absolute Gasteiger partial charge is 0.356 e. The van der Waals surface area contributed by atoms with Gasteiger partial charge in [0.2, 0.25) is 5.60 Å². The number of nitrogens with zero attached hydrogens (tertiary/aromatic N) is 4. The van der Waals surface area contributed by atoms with Gasteiger partial charge in [-0.25, -0.2) is 24.4 Å². The van der Waals surface area contributed by atoms with Crippen LogP contribution in [0.4, 0.5) is 5.13 Å². The van der Waals surface area contributed by atoms with Gasteiger partial charge in [0.1, 0.15) is 28.3 Å². The summed E-state index contributed by atoms with van der Waals surface area (Å²) in [6.45, 7) is 2.94. The molecule has 0 saturated carbocycles. The van der Waals surface area contributed by atoms with Crippen LogP contribution in [0.1, 0.15) is 81.2 Å². The van der Waals surface area contributed by atoms with E-state index in [1.54, 1.807) is 5.38 Å². The van der Waals surface area contributed by atoms with Crippen molar-refractivity contribution < 1.29 is 53.6 Å². The topological polar surface area (TPSA) is 239 Å². The molecule has 17 nitrogen and oxygen atoms in total. The molecule has 21 heteroatoms. The van der Waals surface area contributed by atoms with Crippen LogP contribution >= 0.6 is 46.2 Å². The number of rotatable bonds is 23. The lowest BCUT2D eigenvalue weighted by atomic mass is 9.77. The molecule has 0 radical (unpaired) electrons. The number of benzene rings is 8. The molecule has 4 heterocycles. The SMILES string of the molecule is CC(C)(ON=C(C(=O)N[C@@H]1C(=O)N2C(C(=O)OC(c3ccccc3)c3ccccc3)=C(CSc3nc(C(=O)O)c(-c4ccc(O)c(O)c4)s3)CS[C@@H]12)c1csc(NC(c2ccccc2)(c2ccccc2)c2ccccc2)n1)C(=O)OC(c1ccccc1)c1ccccc1. The van der Waals surface area contributed by atoms with Gasteiger partial charge in [0, 0.05) is 16.9 Å². The molecule has 5 N–H and O–H groups in total. The van der Waals surface area contributed by atoms with Crippen LogP contribution in [-0.2, 0) is 39.0 Å². The number of thioether (sulfide) groups is 2. The van der Waals surface area contributed by atoms with Gasteiger partial charge in [0.25, 0.3) is 11.8 Å². The van der Waals surface area contributed by atoms with Crippen molar-refractivity contribution in [2.24, 2.45) is 5.16 Å². The first-order chi connectivity index (χ1) is 45.2. The van der Waals surface area contributed by atoms with Crippen molar-refractivity contribution in [1.82, 2.24) is 20.2 Å². The van der Waals surface area contributed by atoms with Crippen LogP contribution in [0.3, 0.4) is 0 Å². The first-order valence-corrected chi connectivity index (χ1v) is 33.1. The van der Waals surface area contributed by atoms with Crippen LogP contribution in [0, 0.1) is 0 Å². The molecular formula is C72H58N6O11S4. The maximum Gasteiger partial charge on any atom is 0.356 e. The van der Waals surface area contributed by atoms with E-state index in [0.717, 1.165) is 39.8 Å². The Balaban J connectivity index is 0.884. The van der Waals surface area contributed by atoms with Gasteiger partial charge in [0.15, 0.2) is 44.6 Å². The van der Waals surface area contributed by atoms with Crippen LogP contribution < -0.4 is 10.6 Å². The van der Waals surface area contributed by atoms with Crippen LogP contribution in [0.25, 0.3) is 10.4 Å². The lowest BCUT2D eigenvalue weighted by Gasteiger charge is -2.49. The quantitative estimate of drug-likeness (QED) is 0.00761. The fourth-order valence-corrected chi connectivity index (χ4v) is 15.2. The Bertz CT molecular complexity index is 4230. The maximum absolute atomic E-state index is 15.3. The normalized spacial score (nSPS) is 14.9. The number of esters is 2. The summed E-state index contributed by atoms with van der Waals surface area (Å²) >= 11 is 4.66. The molecule has 0 bridgehead atoms. The van der Waals surface area contributed by atoms with E-state index in [4.69, 9.17) is 19.3 Å². The number of phenols is 2. The molecule has 1 saturated heterocycles. The third kappa shape index (κ3) is 13.4. The number of hydrogen-bond donors (Lipinski definition) is 5. The minimum absolute atomic E-state index is 0.0357. The molecule has 0 unspecified atom stereocenters. The Morgan fingerprint density at radius 2 is 1.16 bits per heavy atom. The Morgan fingerprint density at radius 1 is 0.667 bits per heavy atom. The summed E-state index contributed by atoms with van der Waals surface area (Å²) in [7, 11) is 0. The third-order valence-electron chi connectivity index (χ3n) is 15.5. The predicted octanol–water partition coefficient (Wildman–Crippen LogP) is 13.4. The number of nitrogens with one attached hydrogen (secondary N) is 2. The minimum atomic E-state index is -1.83. The lowest BCUT2D eigenvalue weighted by Crippen LogP contribution is -2.71. The van der Waals surface area contributed by atoms with Gasteiger partial charge >= 0.3 is 17.9 Å². The first-order valence-electron chi connectivity index (χ1n) is 29.3. The minimum Gasteiger partial charge on any atom is -0.504 e. The molecule has 2 atom stereocenters. The van der Waals surface area contributed by atoms with Crippen LogP contribution in [0.2, 0.25) is 0 Å². The number of fused-ring (bicyclic) bond motifs is 1. The van der Waals surface area contributed by atoms with Crippen molar-refractivity contribution in [2.45, 2.75) is 53.0 Å². The second-order valence-electron chi connectivity index (χ2n) is 22.0. The van der Waals surface area contributed by atoms with E-state index in [1.807, 2.05) is 212 Å². The zero-order valence-corrected chi connectivity index (χ0v) is 53.0. The summed E-state index contributed by atoms with van der Waals surface area (Å²) < 4.78 is 13.0. The van der Waals surface area contributed by atoms with E-state index in [0.29, 0.717) is 42.9 Å². The second kappa shape index (κ2) is 27.6. The fraction of sp³-hybridized carbons (Fsp3) is 0.139. The summed E-state index contributed by atoms with van der Waals surface area (Å²) in [5, 5.41) is 42.8. The van der Waals surface area contributed by atoms with E-state index in [9.17, 15) is 24.9 Å². The number of β-lactam (4-membered cyclic amide) rings is 1. The van der Waals surface area contributed by atoms with Crippen molar-refractivity contribution in [3.8, 4) is 21.9 Å². The maximum atomic E-state index is 15.3. The highest BCUT2D eigenvalue weighted by Gasteiger charge is 2.55. The van der Waals surface area contributed by atoms with Crippen LogP contribution in [0.5, 0.6) is 11.5 Å². The number of oxime groups is 1. The molecule has 2 aromatic heterocycles. The van der Waals surface area contributed by atoms with Crippen molar-refractivity contribution in [2.75, 3.05) is 16.8 Å². The van der Waals surface area contributed by atoms with E-state index >= 15 is 14.4 Å². The van der Waals surface area contributed by atoms with E-state index in [1.165, 1.54) is 60.0 Å². The van der Waals surface area contributed by atoms with E-state index in [-0.39, 0.29) is 44.9 Å². The third-order valence-corrected chi connectivity index (χ3v) is 20.0. The van der Waals surface area contributed by atoms with Gasteiger partial charge in [-0.15, -0.1) is 34.4 Å². The Hall–Kier alpha value is -10.3. The largest absolute Gasteiger partial charge is 0.504 e. The molecule has 0 spiro atoms. The highest BCUT2D eigenvalue weighted by atomic mass is 32.2. The highest BCUT2D eigenvalue weighted by molar-refractivity contribution is 8.02. The molecular weight excluding hydrogens is 1250 g/mol. The lowest BCUT2D eigenvalue weighted by molar-refractivity contribution is -0.172. The summed E-state index contributed by atoms with van der Waals surface area (Å²) in [5.41, 5.74) is 2.64. The van der Waals surface area contributed by atoms with Crippen molar-refractivity contribution in [1.29, 1.82) is 0 Å². The number of aromatic hydroxyl groups is 2. The predicted molar refractivity (Wildman–Crippen MR) is 359 cm³/mol. The number of hydrogen-bond acceptors (Lipinski definition) is 18. The standard InChI is InChI=1S/C72H58N6O11S4/c1-71(2,68(86)88-61(46-28-14-5-15-29-46)47-30-16-6-17-31-47)89-77-56(53-43-91-69(73-53)76-72(50-32-18-7-19-33-50,51-34-20-8-21-35-51)52-36-22-9-23-37-52)63(81)74-58-64(82)78-59(67(85)87-60(44-24-10-3-11-25-44)45-26-12-4-13-27-45)49(41-90-65(58)78)42-92-70-75-57(66(83)84)62(93-70)48-38-39-54(79)55(80)40-48/h3-40,43,58,60-61,65,79-80H,41-42H2,1-2H3,(H,73,76)(H,74,81)(H,83,84)/t58-,65+/m1/s1. The molecule has 1 fully saturated rings. The fourth-order valence-electron chi connectivity index (χ4n) is 10.9. The number of ether oxygens (including phenoxy) is 2. The van der Waals surface area contributed by atoms with Crippen molar-refractivity contribution >= 4 is 86.8 Å². The number of aromatic nitrogens is 2. The molecule has 2 aliphatic heterocycles. The number of aromatic carboxylic acids is 1. The number of carboxylic acid groups (broad SMARTS) is 1. The van der Waals surface area contributed by atoms with Crippen molar-refractivity contribution in [3.63, 3.8) is 0 Å². The molecule has 12 rings (SSSR count). The molecule has 466 valence electrons. The highest BCUT2D eigenvalue weighted by Crippen LogP contribution is 2.46. The zero-order chi connectivity index (χ0) is 64.6. The Labute approximate surface area is 551 Å². The zero-order valence-electron chi connectivity index (χ0n) is 49.8. The van der Waals surface area contributed by atoms with Crippen molar-refractivity contribution in [3.05, 3.63) is 298 Å². The van der Waals surface area contributed by atoms with Crippen LogP contribution in [0.15, 0.2) is 257 Å². The average molecular weight is 1310 g/mol. The Kier molecular flexibility index (Phi) is 18.7. The summed E-state index contributed by atoms with van der Waals surface area (Å²) in [6.07, 6.45) is -1.75. The van der Waals surface area contributed by atoms with Gasteiger partial charge in [-0.2, -0.15) is 0 Å². The van der Waals surface area contributed by atoms with Gasteiger partial charge in [-0.05, 0) is 82.1 Å². The number of anilines is 1. The number of thiazole rings is 2. The molecule has 10 aromatic rings. The molecule has 0 aliphatic carbocycles. The van der Waals surface area contributed by atoms with E-state index < -0.39 is 70.2 Å². The molecule has 2 amide bonds. The number of carbonyl (C=O) groups is 5. The summed E-state index contributed by atoms with van der Waals surface area (Å²) in [4.78, 5) is 89.7. The van der Waals surface area contributed by atoms with Crippen LogP contribution in [-0.4, -0.2) is 94.1 Å². The van der Waals surface area contributed by atoms with Gasteiger partial charge in [0.05, 0.1) is 4.88 Å². The number of phenolic OH excluding ortho intramolecular Hbond substituents is 2. The monoisotopic (exact) mass is 1310 g/mol. The molecule has 2 aliphatic rings. The molecule has 93 heavy (non-hydrogen) atoms. The second-order valence-corrected chi connectivity index (χ2v) is 26.2. The summed E-state index contributed by atoms with van der Waals surface area (Å²) in [5.74, 6) is -5.13.